The monoisotopic (exact) mass is 204 g/mol. The fraction of sp³-hybridized carbons (Fsp3) is 0.667. The summed E-state index contributed by atoms with van der Waals surface area (Å²) in [7, 11) is 0. The Labute approximate surface area is 60.1 Å². The Bertz CT molecular complexity index is 73.3. The van der Waals surface area contributed by atoms with Gasteiger partial charge in [-0.25, -0.2) is 0 Å². The first-order valence-corrected chi connectivity index (χ1v) is 3.44. The third kappa shape index (κ3) is 3.32. The van der Waals surface area contributed by atoms with Crippen LogP contribution >= 0.6 is 39.1 Å². The summed E-state index contributed by atoms with van der Waals surface area (Å²) >= 11 is 13.1. The first-order valence-electron chi connectivity index (χ1n) is 1.55. The quantitative estimate of drug-likeness (QED) is 0.629. The van der Waals surface area contributed by atoms with E-state index in [0.29, 0.717) is 0 Å². The number of carbonyl (C=O) groups excluding carboxylic acids is 1. The van der Waals surface area contributed by atoms with Crippen molar-refractivity contribution in [3.63, 3.8) is 0 Å². The van der Waals surface area contributed by atoms with Gasteiger partial charge in [0.1, 0.15) is 4.29 Å². The highest BCUT2D eigenvalue weighted by molar-refractivity contribution is 9.10. The molecule has 42 valence electrons. The average Bonchev–Trinajstić information content (AvgIpc) is 1.65. The lowest BCUT2D eigenvalue weighted by atomic mass is 10.5. The van der Waals surface area contributed by atoms with Gasteiger partial charge in [-0.2, -0.15) is 0 Å². The van der Waals surface area contributed by atoms with Crippen molar-refractivity contribution in [3.8, 4) is 0 Å². The predicted octanol–water partition coefficient (Wildman–Crippen LogP) is 1.75. The van der Waals surface area contributed by atoms with E-state index >= 15 is 0 Å². The second kappa shape index (κ2) is 3.70. The maximum atomic E-state index is 10.2. The van der Waals surface area contributed by atoms with Crippen molar-refractivity contribution in [2.75, 3.05) is 5.88 Å². The van der Waals surface area contributed by atoms with Crippen molar-refractivity contribution in [1.29, 1.82) is 0 Å². The minimum Gasteiger partial charge on any atom is -0.296 e. The minimum absolute atomic E-state index is 0.0284. The first-order chi connectivity index (χ1) is 3.18. The Morgan fingerprint density at radius 1 is 1.86 bits per heavy atom. The van der Waals surface area contributed by atoms with Crippen molar-refractivity contribution in [3.05, 3.63) is 0 Å². The molecule has 1 atom stereocenters. The molecule has 0 radical (unpaired) electrons. The second-order valence-corrected chi connectivity index (χ2v) is 3.05. The number of Topliss-reactive ketones (excluding diaryl/α,β-unsaturated/α-hetero) is 1. The maximum Gasteiger partial charge on any atom is 0.176 e. The van der Waals surface area contributed by atoms with Gasteiger partial charge in [-0.15, -0.1) is 23.2 Å². The molecule has 4 heteroatoms. The summed E-state index contributed by atoms with van der Waals surface area (Å²) in [5.41, 5.74) is 0. The highest BCUT2D eigenvalue weighted by atomic mass is 79.9. The van der Waals surface area contributed by atoms with E-state index in [4.69, 9.17) is 23.2 Å². The zero-order valence-electron chi connectivity index (χ0n) is 3.33. The van der Waals surface area contributed by atoms with Gasteiger partial charge in [0.25, 0.3) is 0 Å². The highest BCUT2D eigenvalue weighted by Gasteiger charge is 2.07. The van der Waals surface area contributed by atoms with Gasteiger partial charge < -0.3 is 0 Å². The van der Waals surface area contributed by atoms with Crippen LogP contribution in [0.5, 0.6) is 0 Å². The summed E-state index contributed by atoms with van der Waals surface area (Å²) in [6, 6.07) is 0. The van der Waals surface area contributed by atoms with E-state index < -0.39 is 4.29 Å². The van der Waals surface area contributed by atoms with E-state index in [1.165, 1.54) is 0 Å². The third-order valence-electron chi connectivity index (χ3n) is 0.375. The van der Waals surface area contributed by atoms with Crippen LogP contribution in [0.4, 0.5) is 0 Å². The van der Waals surface area contributed by atoms with Gasteiger partial charge in [-0.05, 0) is 0 Å². The smallest absolute Gasteiger partial charge is 0.176 e. The van der Waals surface area contributed by atoms with Gasteiger partial charge in [0.2, 0.25) is 0 Å². The molecule has 0 aliphatic rings. The maximum absolute atomic E-state index is 10.2. The molecule has 0 rings (SSSR count). The van der Waals surface area contributed by atoms with Gasteiger partial charge in [0.15, 0.2) is 5.78 Å². The van der Waals surface area contributed by atoms with E-state index in [1.807, 2.05) is 0 Å². The summed E-state index contributed by atoms with van der Waals surface area (Å²) in [6.45, 7) is 0. The number of carbonyl (C=O) groups is 1. The van der Waals surface area contributed by atoms with Crippen LogP contribution in [-0.4, -0.2) is 15.9 Å². The molecule has 0 N–H and O–H groups in total. The van der Waals surface area contributed by atoms with Gasteiger partial charge in [0, 0.05) is 0 Å². The Kier molecular flexibility index (Phi) is 4.08. The molecule has 0 amide bonds. The molecular weight excluding hydrogens is 203 g/mol. The summed E-state index contributed by atoms with van der Waals surface area (Å²) in [5.74, 6) is -0.234. The van der Waals surface area contributed by atoms with Crippen LogP contribution in [0.25, 0.3) is 0 Å². The van der Waals surface area contributed by atoms with Crippen LogP contribution in [0.3, 0.4) is 0 Å². The number of hydrogen-bond donors (Lipinski definition) is 0. The molecule has 0 bridgehead atoms. The lowest BCUT2D eigenvalue weighted by molar-refractivity contribution is -0.114. The third-order valence-corrected chi connectivity index (χ3v) is 1.39. The van der Waals surface area contributed by atoms with Crippen molar-refractivity contribution >= 4 is 44.9 Å². The molecule has 0 aliphatic heterocycles. The highest BCUT2D eigenvalue weighted by Crippen LogP contribution is 2.05. The molecule has 0 fully saturated rings. The van der Waals surface area contributed by atoms with Gasteiger partial charge in [-0.1, -0.05) is 15.9 Å². The van der Waals surface area contributed by atoms with Crippen LogP contribution in [0.2, 0.25) is 0 Å². The van der Waals surface area contributed by atoms with E-state index in [1.54, 1.807) is 0 Å². The molecule has 0 aromatic carbocycles. The van der Waals surface area contributed by atoms with Crippen molar-refractivity contribution in [2.45, 2.75) is 4.29 Å². The summed E-state index contributed by atoms with van der Waals surface area (Å²) in [5, 5.41) is 0. The fourth-order valence-electron chi connectivity index (χ4n) is 0.0583. The number of ketones is 1. The van der Waals surface area contributed by atoms with Gasteiger partial charge in [0.05, 0.1) is 5.88 Å². The molecule has 0 aliphatic carbocycles. The molecule has 0 heterocycles. The second-order valence-electron chi connectivity index (χ2n) is 0.901. The Balaban J connectivity index is 3.35. The number of rotatable bonds is 2. The van der Waals surface area contributed by atoms with Crippen LogP contribution in [0, 0.1) is 0 Å². The Hall–Kier alpha value is 0.730. The fourth-order valence-corrected chi connectivity index (χ4v) is 0.717. The normalized spacial score (nSPS) is 13.6. The van der Waals surface area contributed by atoms with E-state index in [2.05, 4.69) is 15.9 Å². The Morgan fingerprint density at radius 3 is 2.29 bits per heavy atom. The SMILES string of the molecule is O=C(CCl)C(Cl)Br. The molecule has 1 unspecified atom stereocenters. The Morgan fingerprint density at radius 2 is 2.29 bits per heavy atom. The van der Waals surface area contributed by atoms with Crippen molar-refractivity contribution in [1.82, 2.24) is 0 Å². The molecule has 1 nitrogen and oxygen atoms in total. The number of hydrogen-bond acceptors (Lipinski definition) is 1. The summed E-state index contributed by atoms with van der Waals surface area (Å²) < 4.78 is -0.620. The lowest BCUT2D eigenvalue weighted by Gasteiger charge is -1.90. The van der Waals surface area contributed by atoms with Gasteiger partial charge >= 0.3 is 0 Å². The molecule has 0 aromatic heterocycles. The lowest BCUT2D eigenvalue weighted by Crippen LogP contribution is -2.07. The van der Waals surface area contributed by atoms with Crippen LogP contribution in [0.1, 0.15) is 0 Å². The van der Waals surface area contributed by atoms with E-state index in [9.17, 15) is 4.79 Å². The van der Waals surface area contributed by atoms with Gasteiger partial charge in [-0.3, -0.25) is 4.79 Å². The standard InChI is InChI=1S/C3H3BrCl2O/c4-3(6)2(7)1-5/h3H,1H2. The predicted molar refractivity (Wildman–Crippen MR) is 34.3 cm³/mol. The van der Waals surface area contributed by atoms with Crippen molar-refractivity contribution < 1.29 is 4.79 Å². The zero-order valence-corrected chi connectivity index (χ0v) is 6.42. The largest absolute Gasteiger partial charge is 0.296 e. The minimum atomic E-state index is -0.620. The van der Waals surface area contributed by atoms with Crippen LogP contribution < -0.4 is 0 Å². The molecule has 0 aromatic rings. The number of alkyl halides is 3. The molecule has 0 spiro atoms. The van der Waals surface area contributed by atoms with E-state index in [-0.39, 0.29) is 11.7 Å². The summed E-state index contributed by atoms with van der Waals surface area (Å²) in [4.78, 5) is 10.2. The van der Waals surface area contributed by atoms with E-state index in [0.717, 1.165) is 0 Å². The molecule has 0 saturated carbocycles. The molecule has 7 heavy (non-hydrogen) atoms. The summed E-state index contributed by atoms with van der Waals surface area (Å²) in [6.07, 6.45) is 0. The van der Waals surface area contributed by atoms with Crippen LogP contribution in [0.15, 0.2) is 0 Å². The zero-order chi connectivity index (χ0) is 5.86. The van der Waals surface area contributed by atoms with Crippen LogP contribution in [-0.2, 0) is 4.79 Å². The molecule has 0 saturated heterocycles. The average molecular weight is 206 g/mol. The first kappa shape index (κ1) is 7.73. The topological polar surface area (TPSA) is 17.1 Å². The van der Waals surface area contributed by atoms with Crippen molar-refractivity contribution in [2.24, 2.45) is 0 Å². The molecular formula is C3H3BrCl2O. The number of halogens is 3.